The largest absolute Gasteiger partial charge is 0.495 e. The summed E-state index contributed by atoms with van der Waals surface area (Å²) in [7, 11) is 1.59. The minimum absolute atomic E-state index is 0. The molecule has 1 saturated carbocycles. The molecule has 1 fully saturated rings. The van der Waals surface area contributed by atoms with E-state index < -0.39 is 0 Å². The van der Waals surface area contributed by atoms with Gasteiger partial charge in [0, 0.05) is 18.8 Å². The van der Waals surface area contributed by atoms with E-state index in [1.54, 1.807) is 19.2 Å². The van der Waals surface area contributed by atoms with Gasteiger partial charge in [0.15, 0.2) is 5.96 Å². The number of hydrogen-bond acceptors (Lipinski definition) is 3. The van der Waals surface area contributed by atoms with Crippen molar-refractivity contribution in [3.8, 4) is 5.75 Å². The first-order valence-corrected chi connectivity index (χ1v) is 9.59. The number of halogens is 2. The maximum atomic E-state index is 6.09. The Kier molecular flexibility index (Phi) is 12.0. The lowest BCUT2D eigenvalue weighted by molar-refractivity contribution is 0.0264. The second kappa shape index (κ2) is 13.4. The van der Waals surface area contributed by atoms with Crippen LogP contribution >= 0.6 is 35.6 Å². The lowest BCUT2D eigenvalue weighted by Gasteiger charge is -2.21. The Morgan fingerprint density at radius 1 is 1.23 bits per heavy atom. The van der Waals surface area contributed by atoms with Crippen LogP contribution in [0, 0.1) is 0 Å². The van der Waals surface area contributed by atoms with E-state index >= 15 is 0 Å². The smallest absolute Gasteiger partial charge is 0.193 e. The Labute approximate surface area is 179 Å². The Hall–Kier alpha value is -0.730. The number of nitrogens with zero attached hydrogens (tertiary/aromatic N) is 1. The molecule has 0 radical (unpaired) electrons. The molecule has 0 aromatic heterocycles. The maximum Gasteiger partial charge on any atom is 0.193 e. The van der Waals surface area contributed by atoms with Crippen molar-refractivity contribution in [3.63, 3.8) is 0 Å². The fourth-order valence-corrected chi connectivity index (χ4v) is 3.26. The molecule has 0 bridgehead atoms. The summed E-state index contributed by atoms with van der Waals surface area (Å²) in [5, 5.41) is 3.58. The molecule has 0 heterocycles. The van der Waals surface area contributed by atoms with Crippen LogP contribution in [0.2, 0.25) is 5.02 Å². The highest BCUT2D eigenvalue weighted by Crippen LogP contribution is 2.27. The molecular formula is C19H31ClIN3O2. The van der Waals surface area contributed by atoms with Crippen molar-refractivity contribution in [2.24, 2.45) is 10.7 Å². The van der Waals surface area contributed by atoms with Crippen molar-refractivity contribution in [3.05, 3.63) is 23.2 Å². The fourth-order valence-electron chi connectivity index (χ4n) is 3.00. The van der Waals surface area contributed by atoms with Gasteiger partial charge >= 0.3 is 0 Å². The number of nitrogens with one attached hydrogen (secondary N) is 1. The predicted octanol–water partition coefficient (Wildman–Crippen LogP) is 5.21. The Balaban J connectivity index is 0.00000338. The lowest BCUT2D eigenvalue weighted by Crippen LogP contribution is -2.22. The lowest BCUT2D eigenvalue weighted by atomic mass is 9.98. The minimum Gasteiger partial charge on any atom is -0.495 e. The molecule has 0 unspecified atom stereocenters. The molecule has 0 spiro atoms. The van der Waals surface area contributed by atoms with E-state index in [2.05, 4.69) is 10.3 Å². The molecule has 0 atom stereocenters. The van der Waals surface area contributed by atoms with Crippen LogP contribution in [0.15, 0.2) is 23.2 Å². The van der Waals surface area contributed by atoms with E-state index in [0.29, 0.717) is 29.4 Å². The van der Waals surface area contributed by atoms with Crippen LogP contribution in [0.3, 0.4) is 0 Å². The third-order valence-electron chi connectivity index (χ3n) is 4.41. The summed E-state index contributed by atoms with van der Waals surface area (Å²) in [6, 6.07) is 5.42. The van der Waals surface area contributed by atoms with E-state index in [4.69, 9.17) is 26.8 Å². The minimum atomic E-state index is 0. The van der Waals surface area contributed by atoms with E-state index in [1.165, 1.54) is 32.1 Å². The van der Waals surface area contributed by atoms with Gasteiger partial charge in [0.2, 0.25) is 0 Å². The number of benzene rings is 1. The normalized spacial score (nSPS) is 15.4. The number of guanidine groups is 1. The molecule has 3 N–H and O–H groups in total. The molecule has 26 heavy (non-hydrogen) atoms. The first-order valence-electron chi connectivity index (χ1n) is 9.21. The SMILES string of the molecule is COc1ccc(NC(N)=NCCCCCOC2CCCCC2)cc1Cl.I. The molecule has 148 valence electrons. The second-order valence-electron chi connectivity index (χ2n) is 6.43. The molecule has 0 aliphatic heterocycles. The van der Waals surface area contributed by atoms with E-state index in [9.17, 15) is 0 Å². The van der Waals surface area contributed by atoms with Gasteiger partial charge in [-0.25, -0.2) is 0 Å². The first-order chi connectivity index (χ1) is 12.2. The summed E-state index contributed by atoms with van der Waals surface area (Å²) in [5.41, 5.74) is 6.70. The van der Waals surface area contributed by atoms with Crippen molar-refractivity contribution in [2.75, 3.05) is 25.6 Å². The molecule has 0 amide bonds. The number of anilines is 1. The highest BCUT2D eigenvalue weighted by Gasteiger charge is 2.12. The molecule has 2 rings (SSSR count). The van der Waals surface area contributed by atoms with Crippen LogP contribution in [-0.4, -0.2) is 32.3 Å². The summed E-state index contributed by atoms with van der Waals surface area (Å²) in [5.74, 6) is 1.04. The Morgan fingerprint density at radius 3 is 2.69 bits per heavy atom. The van der Waals surface area contributed by atoms with Crippen LogP contribution in [0.5, 0.6) is 5.75 Å². The number of rotatable bonds is 9. The van der Waals surface area contributed by atoms with Gasteiger partial charge in [0.05, 0.1) is 18.2 Å². The average Bonchev–Trinajstić information content (AvgIpc) is 2.62. The molecule has 5 nitrogen and oxygen atoms in total. The average molecular weight is 496 g/mol. The molecule has 1 aromatic carbocycles. The number of nitrogens with two attached hydrogens (primary N) is 1. The van der Waals surface area contributed by atoms with E-state index in [0.717, 1.165) is 31.6 Å². The molecule has 1 aliphatic carbocycles. The van der Waals surface area contributed by atoms with Crippen molar-refractivity contribution in [1.29, 1.82) is 0 Å². The number of ether oxygens (including phenoxy) is 2. The summed E-state index contributed by atoms with van der Waals surface area (Å²) in [6.07, 6.45) is 10.2. The second-order valence-corrected chi connectivity index (χ2v) is 6.84. The molecule has 1 aromatic rings. The molecule has 7 heteroatoms. The van der Waals surface area contributed by atoms with Crippen LogP contribution < -0.4 is 15.8 Å². The summed E-state index contributed by atoms with van der Waals surface area (Å²) in [6.45, 7) is 1.58. The quantitative estimate of drug-likeness (QED) is 0.213. The maximum absolute atomic E-state index is 6.09. The number of hydrogen-bond donors (Lipinski definition) is 2. The summed E-state index contributed by atoms with van der Waals surface area (Å²) in [4.78, 5) is 4.35. The van der Waals surface area contributed by atoms with Crippen LogP contribution in [0.25, 0.3) is 0 Å². The Morgan fingerprint density at radius 2 is 2.00 bits per heavy atom. The van der Waals surface area contributed by atoms with E-state index in [1.807, 2.05) is 6.07 Å². The zero-order valence-electron chi connectivity index (χ0n) is 15.5. The van der Waals surface area contributed by atoms with Gasteiger partial charge < -0.3 is 20.5 Å². The van der Waals surface area contributed by atoms with Crippen LogP contribution in [0.1, 0.15) is 51.4 Å². The van der Waals surface area contributed by atoms with Gasteiger partial charge in [0.1, 0.15) is 5.75 Å². The number of aliphatic imine (C=N–C) groups is 1. The van der Waals surface area contributed by atoms with Crippen molar-refractivity contribution in [1.82, 2.24) is 0 Å². The zero-order chi connectivity index (χ0) is 17.9. The zero-order valence-corrected chi connectivity index (χ0v) is 18.6. The molecular weight excluding hydrogens is 465 g/mol. The number of methoxy groups -OCH3 is 1. The van der Waals surface area contributed by atoms with Gasteiger partial charge in [-0.1, -0.05) is 30.9 Å². The van der Waals surface area contributed by atoms with E-state index in [-0.39, 0.29) is 24.0 Å². The van der Waals surface area contributed by atoms with Crippen molar-refractivity contribution >= 4 is 47.2 Å². The monoisotopic (exact) mass is 495 g/mol. The van der Waals surface area contributed by atoms with Gasteiger partial charge in [-0.3, -0.25) is 4.99 Å². The van der Waals surface area contributed by atoms with Gasteiger partial charge in [0.25, 0.3) is 0 Å². The Bertz CT molecular complexity index is 552. The molecule has 0 saturated heterocycles. The highest BCUT2D eigenvalue weighted by molar-refractivity contribution is 14.0. The third kappa shape index (κ3) is 8.77. The summed E-state index contributed by atoms with van der Waals surface area (Å²) < 4.78 is 11.0. The fraction of sp³-hybridized carbons (Fsp3) is 0.632. The van der Waals surface area contributed by atoms with Crippen LogP contribution in [0.4, 0.5) is 5.69 Å². The third-order valence-corrected chi connectivity index (χ3v) is 4.71. The van der Waals surface area contributed by atoms with Gasteiger partial charge in [-0.2, -0.15) is 0 Å². The standard InChI is InChI=1S/C19H30ClN3O2.HI/c1-24-18-11-10-15(14-17(18)20)23-19(21)22-12-6-3-7-13-25-16-8-4-2-5-9-16;/h10-11,14,16H,2-9,12-13H2,1H3,(H3,21,22,23);1H. The predicted molar refractivity (Wildman–Crippen MR) is 120 cm³/mol. The summed E-state index contributed by atoms with van der Waals surface area (Å²) >= 11 is 6.09. The van der Waals surface area contributed by atoms with Gasteiger partial charge in [-0.15, -0.1) is 24.0 Å². The molecule has 1 aliphatic rings. The highest BCUT2D eigenvalue weighted by atomic mass is 127. The topological polar surface area (TPSA) is 68.9 Å². The number of unbranched alkanes of at least 4 members (excludes halogenated alkanes) is 2. The first kappa shape index (κ1) is 23.3. The van der Waals surface area contributed by atoms with Crippen LogP contribution in [-0.2, 0) is 4.74 Å². The van der Waals surface area contributed by atoms with Crippen molar-refractivity contribution in [2.45, 2.75) is 57.5 Å². The van der Waals surface area contributed by atoms with Gasteiger partial charge in [-0.05, 0) is 50.3 Å². The van der Waals surface area contributed by atoms with Crippen molar-refractivity contribution < 1.29 is 9.47 Å².